The van der Waals surface area contributed by atoms with Gasteiger partial charge < -0.3 is 19.7 Å². The zero-order valence-electron chi connectivity index (χ0n) is 14.4. The van der Waals surface area contributed by atoms with Gasteiger partial charge in [-0.05, 0) is 29.3 Å². The number of morpholine rings is 1. The van der Waals surface area contributed by atoms with Crippen LogP contribution in [0.4, 0.5) is 5.82 Å². The van der Waals surface area contributed by atoms with Crippen LogP contribution in [0.1, 0.15) is 21.5 Å². The Bertz CT molecular complexity index is 697. The highest BCUT2D eigenvalue weighted by molar-refractivity contribution is 5.94. The van der Waals surface area contributed by atoms with Gasteiger partial charge in [-0.2, -0.15) is 0 Å². The fourth-order valence-electron chi connectivity index (χ4n) is 2.75. The van der Waals surface area contributed by atoms with Crippen molar-refractivity contribution in [2.24, 2.45) is 0 Å². The van der Waals surface area contributed by atoms with Gasteiger partial charge in [0.25, 0.3) is 5.91 Å². The first kappa shape index (κ1) is 17.4. The van der Waals surface area contributed by atoms with Gasteiger partial charge in [0.05, 0.1) is 19.8 Å². The highest BCUT2D eigenvalue weighted by Gasteiger charge is 2.12. The van der Waals surface area contributed by atoms with Crippen LogP contribution in [0.15, 0.2) is 42.6 Å². The topological polar surface area (TPSA) is 63.7 Å². The number of carbonyl (C=O) groups is 1. The van der Waals surface area contributed by atoms with Crippen molar-refractivity contribution in [3.05, 3.63) is 59.3 Å². The van der Waals surface area contributed by atoms with Gasteiger partial charge in [-0.15, -0.1) is 0 Å². The quantitative estimate of drug-likeness (QED) is 0.871. The summed E-state index contributed by atoms with van der Waals surface area (Å²) in [6, 6.07) is 11.4. The molecule has 6 nitrogen and oxygen atoms in total. The summed E-state index contributed by atoms with van der Waals surface area (Å²) >= 11 is 0. The van der Waals surface area contributed by atoms with E-state index in [-0.39, 0.29) is 5.91 Å². The number of hydrogen-bond donors (Lipinski definition) is 1. The number of nitrogens with one attached hydrogen (secondary N) is 1. The summed E-state index contributed by atoms with van der Waals surface area (Å²) < 4.78 is 10.5. The molecule has 1 fully saturated rings. The molecule has 132 valence electrons. The number of rotatable bonds is 6. The van der Waals surface area contributed by atoms with Crippen molar-refractivity contribution in [2.75, 3.05) is 38.3 Å². The first-order chi connectivity index (χ1) is 12.3. The molecule has 1 aliphatic heterocycles. The number of amides is 1. The highest BCUT2D eigenvalue weighted by atomic mass is 16.5. The van der Waals surface area contributed by atoms with Crippen molar-refractivity contribution in [1.82, 2.24) is 10.3 Å². The van der Waals surface area contributed by atoms with Gasteiger partial charge in [-0.25, -0.2) is 4.98 Å². The predicted octanol–water partition coefficient (Wildman–Crippen LogP) is 1.99. The van der Waals surface area contributed by atoms with Gasteiger partial charge in [0.1, 0.15) is 5.82 Å². The molecule has 2 heterocycles. The molecule has 0 unspecified atom stereocenters. The Kier molecular flexibility index (Phi) is 5.98. The Morgan fingerprint density at radius 3 is 2.80 bits per heavy atom. The molecule has 25 heavy (non-hydrogen) atoms. The fourth-order valence-corrected chi connectivity index (χ4v) is 2.75. The maximum atomic E-state index is 12.3. The number of carbonyl (C=O) groups excluding carboxylic acids is 1. The molecule has 3 rings (SSSR count). The third-order valence-electron chi connectivity index (χ3n) is 4.10. The van der Waals surface area contributed by atoms with Gasteiger partial charge in [0, 0.05) is 38.5 Å². The predicted molar refractivity (Wildman–Crippen MR) is 95.6 cm³/mol. The molecule has 0 bridgehead atoms. The minimum atomic E-state index is -0.102. The SMILES string of the molecule is COCc1cccc(C(=O)NCc2ccc(N3CCOCC3)nc2)c1. The minimum Gasteiger partial charge on any atom is -0.380 e. The average molecular weight is 341 g/mol. The molecule has 6 heteroatoms. The van der Waals surface area contributed by atoms with E-state index >= 15 is 0 Å². The van der Waals surface area contributed by atoms with E-state index < -0.39 is 0 Å². The molecular weight excluding hydrogens is 318 g/mol. The van der Waals surface area contributed by atoms with Gasteiger partial charge in [0.2, 0.25) is 0 Å². The Morgan fingerprint density at radius 1 is 1.24 bits per heavy atom. The molecule has 0 aliphatic carbocycles. The van der Waals surface area contributed by atoms with E-state index in [4.69, 9.17) is 9.47 Å². The number of methoxy groups -OCH3 is 1. The third-order valence-corrected chi connectivity index (χ3v) is 4.10. The maximum absolute atomic E-state index is 12.3. The van der Waals surface area contributed by atoms with Crippen LogP contribution in [0.3, 0.4) is 0 Å². The maximum Gasteiger partial charge on any atom is 0.251 e. The first-order valence-electron chi connectivity index (χ1n) is 8.40. The molecule has 1 aromatic carbocycles. The lowest BCUT2D eigenvalue weighted by atomic mass is 10.1. The number of pyridine rings is 1. The molecule has 1 saturated heterocycles. The van der Waals surface area contributed by atoms with Crippen molar-refractivity contribution in [3.8, 4) is 0 Å². The van der Waals surface area contributed by atoms with Crippen LogP contribution in [-0.4, -0.2) is 44.3 Å². The lowest BCUT2D eigenvalue weighted by Crippen LogP contribution is -2.36. The molecule has 1 amide bonds. The molecule has 0 spiro atoms. The normalized spacial score (nSPS) is 14.4. The van der Waals surface area contributed by atoms with Gasteiger partial charge in [0.15, 0.2) is 0 Å². The van der Waals surface area contributed by atoms with Crippen molar-refractivity contribution in [2.45, 2.75) is 13.2 Å². The van der Waals surface area contributed by atoms with Crippen molar-refractivity contribution < 1.29 is 14.3 Å². The van der Waals surface area contributed by atoms with Crippen molar-refractivity contribution in [3.63, 3.8) is 0 Å². The number of ether oxygens (including phenoxy) is 2. The molecule has 0 atom stereocenters. The largest absolute Gasteiger partial charge is 0.380 e. The second-order valence-corrected chi connectivity index (χ2v) is 5.94. The van der Waals surface area contributed by atoms with Crippen LogP contribution in [0.25, 0.3) is 0 Å². The molecule has 0 saturated carbocycles. The van der Waals surface area contributed by atoms with Crippen LogP contribution in [-0.2, 0) is 22.6 Å². The first-order valence-corrected chi connectivity index (χ1v) is 8.40. The minimum absolute atomic E-state index is 0.102. The van der Waals surface area contributed by atoms with Gasteiger partial charge in [-0.1, -0.05) is 18.2 Å². The summed E-state index contributed by atoms with van der Waals surface area (Å²) in [4.78, 5) is 19.0. The smallest absolute Gasteiger partial charge is 0.251 e. The number of nitrogens with zero attached hydrogens (tertiary/aromatic N) is 2. The molecule has 1 aromatic heterocycles. The average Bonchev–Trinajstić information content (AvgIpc) is 2.68. The molecule has 2 aromatic rings. The summed E-state index contributed by atoms with van der Waals surface area (Å²) in [5, 5.41) is 2.93. The van der Waals surface area contributed by atoms with Crippen molar-refractivity contribution >= 4 is 11.7 Å². The van der Waals surface area contributed by atoms with E-state index in [1.165, 1.54) is 0 Å². The van der Waals surface area contributed by atoms with E-state index in [0.29, 0.717) is 18.7 Å². The number of benzene rings is 1. The number of hydrogen-bond acceptors (Lipinski definition) is 5. The summed E-state index contributed by atoms with van der Waals surface area (Å²) in [5.41, 5.74) is 2.58. The molecule has 0 radical (unpaired) electrons. The van der Waals surface area contributed by atoms with Crippen molar-refractivity contribution in [1.29, 1.82) is 0 Å². The Labute approximate surface area is 147 Å². The Morgan fingerprint density at radius 2 is 2.08 bits per heavy atom. The summed E-state index contributed by atoms with van der Waals surface area (Å²) in [7, 11) is 1.64. The zero-order chi connectivity index (χ0) is 17.5. The Hall–Kier alpha value is -2.44. The fraction of sp³-hybridized carbons (Fsp3) is 0.368. The third kappa shape index (κ3) is 4.78. The number of anilines is 1. The van der Waals surface area contributed by atoms with Crippen LogP contribution >= 0.6 is 0 Å². The van der Waals surface area contributed by atoms with Crippen LogP contribution in [0.2, 0.25) is 0 Å². The summed E-state index contributed by atoms with van der Waals surface area (Å²) in [6.07, 6.45) is 1.81. The Balaban J connectivity index is 1.55. The summed E-state index contributed by atoms with van der Waals surface area (Å²) in [5.74, 6) is 0.848. The standard InChI is InChI=1S/C19H23N3O3/c1-24-14-15-3-2-4-17(11-15)19(23)21-13-16-5-6-18(20-12-16)22-7-9-25-10-8-22/h2-6,11-12H,7-10,13-14H2,1H3,(H,21,23). The highest BCUT2D eigenvalue weighted by Crippen LogP contribution is 2.13. The summed E-state index contributed by atoms with van der Waals surface area (Å²) in [6.45, 7) is 4.14. The molecule has 1 aliphatic rings. The van der Waals surface area contributed by atoms with E-state index in [1.54, 1.807) is 13.2 Å². The van der Waals surface area contributed by atoms with Crippen LogP contribution < -0.4 is 10.2 Å². The number of aromatic nitrogens is 1. The molecular formula is C19H23N3O3. The monoisotopic (exact) mass is 341 g/mol. The van der Waals surface area contributed by atoms with Gasteiger partial charge >= 0.3 is 0 Å². The lowest BCUT2D eigenvalue weighted by molar-refractivity contribution is 0.0950. The van der Waals surface area contributed by atoms with Crippen LogP contribution in [0, 0.1) is 0 Å². The second kappa shape index (κ2) is 8.60. The lowest BCUT2D eigenvalue weighted by Gasteiger charge is -2.27. The zero-order valence-corrected chi connectivity index (χ0v) is 14.4. The molecule has 1 N–H and O–H groups in total. The second-order valence-electron chi connectivity index (χ2n) is 5.94. The van der Waals surface area contributed by atoms with E-state index in [0.717, 1.165) is 43.2 Å². The van der Waals surface area contributed by atoms with E-state index in [2.05, 4.69) is 15.2 Å². The van der Waals surface area contributed by atoms with Crippen LogP contribution in [0.5, 0.6) is 0 Å². The van der Waals surface area contributed by atoms with E-state index in [1.807, 2.05) is 36.5 Å². The van der Waals surface area contributed by atoms with E-state index in [9.17, 15) is 4.79 Å². The van der Waals surface area contributed by atoms with Gasteiger partial charge in [-0.3, -0.25) is 4.79 Å².